The number of anilines is 1. The van der Waals surface area contributed by atoms with Crippen LogP contribution in [0.5, 0.6) is 5.75 Å². The smallest absolute Gasteiger partial charge is 0.234 e. The average Bonchev–Trinajstić information content (AvgIpc) is 2.41. The van der Waals surface area contributed by atoms with Crippen LogP contribution in [0, 0.1) is 0 Å². The summed E-state index contributed by atoms with van der Waals surface area (Å²) in [5, 5.41) is 3.24. The lowest BCUT2D eigenvalue weighted by molar-refractivity contribution is 0.415. The standard InChI is InChI=1S/C13H19BrN2O3S/c1-19-11-5-6-12(14)13(8-11)16-20(17,18)9-10-4-2-3-7-15-10/h5-6,8,10,15-16H,2-4,7,9H2,1H3. The Hall–Kier alpha value is -0.790. The second-order valence-electron chi connectivity index (χ2n) is 4.88. The minimum absolute atomic E-state index is 0.0330. The molecule has 1 atom stereocenters. The van der Waals surface area contributed by atoms with E-state index in [-0.39, 0.29) is 11.8 Å². The SMILES string of the molecule is COc1ccc(Br)c(NS(=O)(=O)CC2CCCCN2)c1. The normalized spacial score (nSPS) is 19.6. The molecule has 1 fully saturated rings. The molecule has 5 nitrogen and oxygen atoms in total. The molecule has 112 valence electrons. The fourth-order valence-electron chi connectivity index (χ4n) is 2.25. The quantitative estimate of drug-likeness (QED) is 0.843. The highest BCUT2D eigenvalue weighted by Crippen LogP contribution is 2.28. The molecular weight excluding hydrogens is 344 g/mol. The molecule has 1 heterocycles. The predicted molar refractivity (Wildman–Crippen MR) is 83.7 cm³/mol. The van der Waals surface area contributed by atoms with Gasteiger partial charge in [0.15, 0.2) is 0 Å². The zero-order valence-electron chi connectivity index (χ0n) is 11.4. The number of hydrogen-bond donors (Lipinski definition) is 2. The molecular formula is C13H19BrN2O3S. The minimum Gasteiger partial charge on any atom is -0.497 e. The first-order valence-electron chi connectivity index (χ1n) is 6.57. The molecule has 0 bridgehead atoms. The molecule has 0 aliphatic carbocycles. The van der Waals surface area contributed by atoms with Crippen LogP contribution >= 0.6 is 15.9 Å². The van der Waals surface area contributed by atoms with Crippen LogP contribution in [-0.2, 0) is 10.0 Å². The molecule has 1 aliphatic heterocycles. The average molecular weight is 363 g/mol. The van der Waals surface area contributed by atoms with Crippen molar-refractivity contribution >= 4 is 31.6 Å². The Bertz CT molecular complexity index is 557. The van der Waals surface area contributed by atoms with Gasteiger partial charge in [0.25, 0.3) is 0 Å². The third-order valence-electron chi connectivity index (χ3n) is 3.27. The van der Waals surface area contributed by atoms with E-state index >= 15 is 0 Å². The van der Waals surface area contributed by atoms with Gasteiger partial charge < -0.3 is 10.1 Å². The maximum Gasteiger partial charge on any atom is 0.234 e. The third-order valence-corrected chi connectivity index (χ3v) is 5.34. The highest BCUT2D eigenvalue weighted by molar-refractivity contribution is 9.10. The van der Waals surface area contributed by atoms with Gasteiger partial charge in [-0.1, -0.05) is 6.42 Å². The van der Waals surface area contributed by atoms with Crippen molar-refractivity contribution in [3.63, 3.8) is 0 Å². The summed E-state index contributed by atoms with van der Waals surface area (Å²) in [7, 11) is -1.83. The predicted octanol–water partition coefficient (Wildman–Crippen LogP) is 2.34. The van der Waals surface area contributed by atoms with Gasteiger partial charge in [-0.2, -0.15) is 0 Å². The van der Waals surface area contributed by atoms with Crippen molar-refractivity contribution in [2.75, 3.05) is 24.1 Å². The van der Waals surface area contributed by atoms with Crippen LogP contribution in [0.15, 0.2) is 22.7 Å². The lowest BCUT2D eigenvalue weighted by atomic mass is 10.1. The number of rotatable bonds is 5. The van der Waals surface area contributed by atoms with E-state index in [0.29, 0.717) is 15.9 Å². The lowest BCUT2D eigenvalue weighted by Crippen LogP contribution is -2.40. The molecule has 0 spiro atoms. The molecule has 1 aromatic rings. The van der Waals surface area contributed by atoms with Crippen molar-refractivity contribution < 1.29 is 13.2 Å². The number of sulfonamides is 1. The van der Waals surface area contributed by atoms with Gasteiger partial charge in [0.2, 0.25) is 10.0 Å². The third kappa shape index (κ3) is 4.36. The lowest BCUT2D eigenvalue weighted by Gasteiger charge is -2.23. The van der Waals surface area contributed by atoms with E-state index < -0.39 is 10.0 Å². The monoisotopic (exact) mass is 362 g/mol. The topological polar surface area (TPSA) is 67.4 Å². The molecule has 0 aromatic heterocycles. The molecule has 2 rings (SSSR count). The second kappa shape index (κ2) is 6.78. The molecule has 0 saturated carbocycles. The molecule has 0 amide bonds. The van der Waals surface area contributed by atoms with Crippen LogP contribution in [0.25, 0.3) is 0 Å². The summed E-state index contributed by atoms with van der Waals surface area (Å²) in [6.45, 7) is 0.892. The van der Waals surface area contributed by atoms with E-state index in [0.717, 1.165) is 25.8 Å². The van der Waals surface area contributed by atoms with Crippen LogP contribution in [0.2, 0.25) is 0 Å². The van der Waals surface area contributed by atoms with Gasteiger partial charge in [-0.15, -0.1) is 0 Å². The van der Waals surface area contributed by atoms with E-state index in [2.05, 4.69) is 26.0 Å². The zero-order chi connectivity index (χ0) is 14.6. The Balaban J connectivity index is 2.07. The van der Waals surface area contributed by atoms with Crippen molar-refractivity contribution in [1.82, 2.24) is 5.32 Å². The summed E-state index contributed by atoms with van der Waals surface area (Å²) < 4.78 is 32.8. The summed E-state index contributed by atoms with van der Waals surface area (Å²) >= 11 is 3.34. The first kappa shape index (κ1) is 15.6. The van der Waals surface area contributed by atoms with Crippen molar-refractivity contribution in [2.24, 2.45) is 0 Å². The van der Waals surface area contributed by atoms with Crippen molar-refractivity contribution in [2.45, 2.75) is 25.3 Å². The molecule has 20 heavy (non-hydrogen) atoms. The number of piperidine rings is 1. The fraction of sp³-hybridized carbons (Fsp3) is 0.538. The molecule has 1 saturated heterocycles. The van der Waals surface area contributed by atoms with Crippen LogP contribution in [0.1, 0.15) is 19.3 Å². The Labute approximate surface area is 128 Å². The molecule has 1 unspecified atom stereocenters. The number of methoxy groups -OCH3 is 1. The van der Waals surface area contributed by atoms with Crippen molar-refractivity contribution in [3.8, 4) is 5.75 Å². The Morgan fingerprint density at radius 3 is 2.90 bits per heavy atom. The Morgan fingerprint density at radius 2 is 2.25 bits per heavy atom. The summed E-state index contributed by atoms with van der Waals surface area (Å²) in [5.41, 5.74) is 0.500. The van der Waals surface area contributed by atoms with Crippen LogP contribution in [0.4, 0.5) is 5.69 Å². The number of hydrogen-bond acceptors (Lipinski definition) is 4. The number of benzene rings is 1. The minimum atomic E-state index is -3.38. The van der Waals surface area contributed by atoms with Crippen molar-refractivity contribution in [1.29, 1.82) is 0 Å². The van der Waals surface area contributed by atoms with E-state index in [1.165, 1.54) is 0 Å². The van der Waals surface area contributed by atoms with Crippen LogP contribution in [-0.4, -0.2) is 33.9 Å². The number of halogens is 1. The molecule has 0 radical (unpaired) electrons. The molecule has 7 heteroatoms. The van der Waals surface area contributed by atoms with Crippen LogP contribution < -0.4 is 14.8 Å². The van der Waals surface area contributed by atoms with Gasteiger partial charge in [-0.05, 0) is 47.4 Å². The van der Waals surface area contributed by atoms with Crippen LogP contribution in [0.3, 0.4) is 0 Å². The number of nitrogens with one attached hydrogen (secondary N) is 2. The van der Waals surface area contributed by atoms with Gasteiger partial charge in [-0.3, -0.25) is 4.72 Å². The van der Waals surface area contributed by atoms with E-state index in [4.69, 9.17) is 4.74 Å². The maximum absolute atomic E-state index is 12.2. The molecule has 1 aromatic carbocycles. The van der Waals surface area contributed by atoms with E-state index in [9.17, 15) is 8.42 Å². The second-order valence-corrected chi connectivity index (χ2v) is 7.50. The largest absolute Gasteiger partial charge is 0.497 e. The number of ether oxygens (including phenoxy) is 1. The molecule has 1 aliphatic rings. The van der Waals surface area contributed by atoms with Gasteiger partial charge in [0.1, 0.15) is 5.75 Å². The summed E-state index contributed by atoms with van der Waals surface area (Å²) in [6.07, 6.45) is 3.10. The Morgan fingerprint density at radius 1 is 1.45 bits per heavy atom. The van der Waals surface area contributed by atoms with Crippen molar-refractivity contribution in [3.05, 3.63) is 22.7 Å². The van der Waals surface area contributed by atoms with Gasteiger partial charge >= 0.3 is 0 Å². The van der Waals surface area contributed by atoms with Gasteiger partial charge in [0, 0.05) is 16.6 Å². The summed E-state index contributed by atoms with van der Waals surface area (Å²) in [5.74, 6) is 0.707. The highest BCUT2D eigenvalue weighted by atomic mass is 79.9. The Kier molecular flexibility index (Phi) is 5.29. The van der Waals surface area contributed by atoms with Gasteiger partial charge in [-0.25, -0.2) is 8.42 Å². The maximum atomic E-state index is 12.2. The van der Waals surface area contributed by atoms with E-state index in [1.807, 2.05) is 0 Å². The first-order chi connectivity index (χ1) is 9.50. The first-order valence-corrected chi connectivity index (χ1v) is 9.02. The van der Waals surface area contributed by atoms with E-state index in [1.54, 1.807) is 25.3 Å². The fourth-order valence-corrected chi connectivity index (χ4v) is 4.13. The summed E-state index contributed by atoms with van der Waals surface area (Å²) in [6, 6.07) is 5.22. The highest BCUT2D eigenvalue weighted by Gasteiger charge is 2.21. The molecule has 2 N–H and O–H groups in total. The zero-order valence-corrected chi connectivity index (χ0v) is 13.8. The van der Waals surface area contributed by atoms with Gasteiger partial charge in [0.05, 0.1) is 18.6 Å². The summed E-state index contributed by atoms with van der Waals surface area (Å²) in [4.78, 5) is 0.